The molecule has 1 amide bonds. The highest BCUT2D eigenvalue weighted by atomic mass is 32.1. The third-order valence-corrected chi connectivity index (χ3v) is 5.37. The third kappa shape index (κ3) is 2.94. The van der Waals surface area contributed by atoms with Crippen LogP contribution < -0.4 is 5.32 Å². The molecule has 1 aliphatic carbocycles. The topological polar surface area (TPSA) is 32.3 Å². The molecule has 2 aliphatic rings. The van der Waals surface area contributed by atoms with Crippen LogP contribution in [0.2, 0.25) is 0 Å². The summed E-state index contributed by atoms with van der Waals surface area (Å²) >= 11 is 1.76. The number of carbonyl (C=O) groups is 1. The van der Waals surface area contributed by atoms with Gasteiger partial charge in [-0.15, -0.1) is 11.3 Å². The van der Waals surface area contributed by atoms with E-state index in [1.54, 1.807) is 11.3 Å². The zero-order chi connectivity index (χ0) is 14.9. The number of rotatable bonds is 4. The summed E-state index contributed by atoms with van der Waals surface area (Å²) in [5.74, 6) is 0.202. The fourth-order valence-corrected chi connectivity index (χ4v) is 3.86. The Labute approximate surface area is 135 Å². The Morgan fingerprint density at radius 3 is 2.73 bits per heavy atom. The second-order valence-corrected chi connectivity index (χ2v) is 7.29. The average molecular weight is 312 g/mol. The first-order chi connectivity index (χ1) is 10.8. The predicted octanol–water partition coefficient (Wildman–Crippen LogP) is 2.95. The Morgan fingerprint density at radius 1 is 1.18 bits per heavy atom. The van der Waals surface area contributed by atoms with Gasteiger partial charge in [-0.25, -0.2) is 0 Å². The van der Waals surface area contributed by atoms with Crippen molar-refractivity contribution >= 4 is 17.2 Å². The maximum atomic E-state index is 12.6. The van der Waals surface area contributed by atoms with Crippen molar-refractivity contribution in [1.82, 2.24) is 10.2 Å². The normalized spacial score (nSPS) is 21.4. The molecule has 114 valence electrons. The van der Waals surface area contributed by atoms with Crippen LogP contribution in [0, 0.1) is 0 Å². The summed E-state index contributed by atoms with van der Waals surface area (Å²) in [7, 11) is 0. The molecule has 1 N–H and O–H groups in total. The molecule has 4 heteroatoms. The highest BCUT2D eigenvalue weighted by molar-refractivity contribution is 7.09. The fraction of sp³-hybridized carbons (Fsp3) is 0.389. The summed E-state index contributed by atoms with van der Waals surface area (Å²) in [5, 5.41) is 5.29. The molecular formula is C18H20N2OS. The fourth-order valence-electron chi connectivity index (χ4n) is 3.13. The van der Waals surface area contributed by atoms with Gasteiger partial charge in [-0.1, -0.05) is 30.3 Å². The first-order valence-electron chi connectivity index (χ1n) is 7.93. The van der Waals surface area contributed by atoms with E-state index in [0.29, 0.717) is 6.04 Å². The lowest BCUT2D eigenvalue weighted by atomic mass is 9.93. The molecule has 1 aliphatic heterocycles. The van der Waals surface area contributed by atoms with Crippen LogP contribution in [0.1, 0.15) is 28.8 Å². The highest BCUT2D eigenvalue weighted by Crippen LogP contribution is 2.27. The lowest BCUT2D eigenvalue weighted by Gasteiger charge is -2.35. The molecule has 1 aromatic heterocycles. The Morgan fingerprint density at radius 2 is 2.00 bits per heavy atom. The van der Waals surface area contributed by atoms with Crippen LogP contribution in [0.25, 0.3) is 0 Å². The van der Waals surface area contributed by atoms with Crippen molar-refractivity contribution in [3.63, 3.8) is 0 Å². The van der Waals surface area contributed by atoms with Gasteiger partial charge < -0.3 is 5.32 Å². The Balaban J connectivity index is 1.58. The van der Waals surface area contributed by atoms with E-state index in [0.717, 1.165) is 32.4 Å². The largest absolute Gasteiger partial charge is 0.352 e. The molecule has 0 spiro atoms. The van der Waals surface area contributed by atoms with Crippen molar-refractivity contribution in [2.45, 2.75) is 44.4 Å². The van der Waals surface area contributed by atoms with Crippen LogP contribution in [-0.4, -0.2) is 22.9 Å². The standard InChI is InChI=1S/C18H20N2OS/c21-18(19-15-7-8-15)17-10-13-4-1-2-5-14(13)11-20(17)12-16-6-3-9-22-16/h1-6,9,15,17H,7-8,10-12H2,(H,19,21)/t17-/m1/s1. The summed E-state index contributed by atoms with van der Waals surface area (Å²) in [4.78, 5) is 16.3. The van der Waals surface area contributed by atoms with Gasteiger partial charge in [-0.05, 0) is 41.8 Å². The van der Waals surface area contributed by atoms with Crippen LogP contribution in [0.4, 0.5) is 0 Å². The lowest BCUT2D eigenvalue weighted by Crippen LogP contribution is -2.50. The minimum absolute atomic E-state index is 0.0439. The number of hydrogen-bond donors (Lipinski definition) is 1. The number of hydrogen-bond acceptors (Lipinski definition) is 3. The van der Waals surface area contributed by atoms with E-state index in [4.69, 9.17) is 0 Å². The number of benzene rings is 1. The Bertz CT molecular complexity index is 663. The minimum Gasteiger partial charge on any atom is -0.352 e. The molecule has 22 heavy (non-hydrogen) atoms. The van der Waals surface area contributed by atoms with Gasteiger partial charge >= 0.3 is 0 Å². The monoisotopic (exact) mass is 312 g/mol. The molecule has 2 heterocycles. The zero-order valence-electron chi connectivity index (χ0n) is 12.5. The van der Waals surface area contributed by atoms with Crippen molar-refractivity contribution in [1.29, 1.82) is 0 Å². The predicted molar refractivity (Wildman–Crippen MR) is 88.7 cm³/mol. The summed E-state index contributed by atoms with van der Waals surface area (Å²) in [6.07, 6.45) is 3.10. The van der Waals surface area contributed by atoms with E-state index in [1.165, 1.54) is 16.0 Å². The molecule has 1 atom stereocenters. The third-order valence-electron chi connectivity index (χ3n) is 4.51. The molecule has 0 unspecified atom stereocenters. The SMILES string of the molecule is O=C(NC1CC1)[C@H]1Cc2ccccc2CN1Cc1cccs1. The van der Waals surface area contributed by atoms with Crippen molar-refractivity contribution in [3.8, 4) is 0 Å². The van der Waals surface area contributed by atoms with E-state index in [9.17, 15) is 4.79 Å². The number of carbonyl (C=O) groups excluding carboxylic acids is 1. The van der Waals surface area contributed by atoms with E-state index in [-0.39, 0.29) is 11.9 Å². The summed E-state index contributed by atoms with van der Waals surface area (Å²) in [5.41, 5.74) is 2.68. The number of nitrogens with one attached hydrogen (secondary N) is 1. The molecule has 4 rings (SSSR count). The molecule has 3 nitrogen and oxygen atoms in total. The summed E-state index contributed by atoms with van der Waals surface area (Å²) < 4.78 is 0. The van der Waals surface area contributed by atoms with E-state index in [1.807, 2.05) is 0 Å². The van der Waals surface area contributed by atoms with Crippen molar-refractivity contribution < 1.29 is 4.79 Å². The number of thiophene rings is 1. The van der Waals surface area contributed by atoms with Crippen LogP contribution in [0.5, 0.6) is 0 Å². The molecule has 0 saturated heterocycles. The molecule has 0 bridgehead atoms. The maximum absolute atomic E-state index is 12.6. The molecule has 2 aromatic rings. The molecule has 1 fully saturated rings. The lowest BCUT2D eigenvalue weighted by molar-refractivity contribution is -0.127. The van der Waals surface area contributed by atoms with Gasteiger partial charge in [-0.3, -0.25) is 9.69 Å². The smallest absolute Gasteiger partial charge is 0.237 e. The summed E-state index contributed by atoms with van der Waals surface area (Å²) in [6.45, 7) is 1.71. The van der Waals surface area contributed by atoms with E-state index in [2.05, 4.69) is 52.0 Å². The second-order valence-electron chi connectivity index (χ2n) is 6.26. The summed E-state index contributed by atoms with van der Waals surface area (Å²) in [6, 6.07) is 13.1. The first-order valence-corrected chi connectivity index (χ1v) is 8.81. The van der Waals surface area contributed by atoms with Gasteiger partial charge in [-0.2, -0.15) is 0 Å². The van der Waals surface area contributed by atoms with Crippen LogP contribution >= 0.6 is 11.3 Å². The minimum atomic E-state index is -0.0439. The van der Waals surface area contributed by atoms with E-state index >= 15 is 0 Å². The second kappa shape index (κ2) is 5.86. The number of fused-ring (bicyclic) bond motifs is 1. The Hall–Kier alpha value is -1.65. The molecule has 0 radical (unpaired) electrons. The van der Waals surface area contributed by atoms with Crippen LogP contribution in [0.15, 0.2) is 41.8 Å². The number of nitrogens with zero attached hydrogens (tertiary/aromatic N) is 1. The van der Waals surface area contributed by atoms with Gasteiger partial charge in [0, 0.05) is 24.0 Å². The van der Waals surface area contributed by atoms with Crippen molar-refractivity contribution in [3.05, 3.63) is 57.8 Å². The Kier molecular flexibility index (Phi) is 3.72. The quantitative estimate of drug-likeness (QED) is 0.941. The number of amides is 1. The van der Waals surface area contributed by atoms with Crippen molar-refractivity contribution in [2.24, 2.45) is 0 Å². The maximum Gasteiger partial charge on any atom is 0.237 e. The zero-order valence-corrected chi connectivity index (χ0v) is 13.3. The highest BCUT2D eigenvalue weighted by Gasteiger charge is 2.34. The van der Waals surface area contributed by atoms with Crippen molar-refractivity contribution in [2.75, 3.05) is 0 Å². The van der Waals surface area contributed by atoms with Gasteiger partial charge in [0.25, 0.3) is 0 Å². The van der Waals surface area contributed by atoms with Gasteiger partial charge in [0.2, 0.25) is 5.91 Å². The molecule has 1 aromatic carbocycles. The van der Waals surface area contributed by atoms with Gasteiger partial charge in [0.05, 0.1) is 6.04 Å². The average Bonchev–Trinajstić information content (AvgIpc) is 3.19. The van der Waals surface area contributed by atoms with E-state index < -0.39 is 0 Å². The van der Waals surface area contributed by atoms with Crippen LogP contribution in [-0.2, 0) is 24.3 Å². The van der Waals surface area contributed by atoms with Gasteiger partial charge in [0.15, 0.2) is 0 Å². The van der Waals surface area contributed by atoms with Crippen LogP contribution in [0.3, 0.4) is 0 Å². The first kappa shape index (κ1) is 14.0. The molecule has 1 saturated carbocycles. The van der Waals surface area contributed by atoms with Gasteiger partial charge in [0.1, 0.15) is 0 Å². The molecular weight excluding hydrogens is 292 g/mol.